The van der Waals surface area contributed by atoms with Gasteiger partial charge >= 0.3 is 0 Å². The second-order valence-electron chi connectivity index (χ2n) is 4.42. The third-order valence-corrected chi connectivity index (χ3v) is 5.09. The molecule has 1 aromatic rings. The SMILES string of the molecule is CCc1nc(Br)cc(NC2CCS(=O)(=O)CC2)n1. The van der Waals surface area contributed by atoms with Crippen LogP contribution in [0.5, 0.6) is 0 Å². The molecule has 0 atom stereocenters. The van der Waals surface area contributed by atoms with Gasteiger partial charge in [-0.3, -0.25) is 0 Å². The number of nitrogens with zero attached hydrogens (tertiary/aromatic N) is 2. The van der Waals surface area contributed by atoms with Gasteiger partial charge in [-0.2, -0.15) is 0 Å². The summed E-state index contributed by atoms with van der Waals surface area (Å²) < 4.78 is 23.4. The van der Waals surface area contributed by atoms with Crippen LogP contribution < -0.4 is 5.32 Å². The van der Waals surface area contributed by atoms with Gasteiger partial charge in [-0.15, -0.1) is 0 Å². The summed E-state index contributed by atoms with van der Waals surface area (Å²) in [6.07, 6.45) is 2.06. The standard InChI is InChI=1S/C11H16BrN3O2S/c1-2-10-14-9(12)7-11(15-10)13-8-3-5-18(16,17)6-4-8/h7-8H,2-6H2,1H3,(H,13,14,15). The molecule has 1 saturated heterocycles. The fourth-order valence-corrected chi connectivity index (χ4v) is 3.85. The van der Waals surface area contributed by atoms with Gasteiger partial charge in [-0.25, -0.2) is 18.4 Å². The van der Waals surface area contributed by atoms with Crippen LogP contribution in [-0.4, -0.2) is 35.9 Å². The van der Waals surface area contributed by atoms with Crippen molar-refractivity contribution >= 4 is 31.6 Å². The van der Waals surface area contributed by atoms with Crippen molar-refractivity contribution in [3.63, 3.8) is 0 Å². The lowest BCUT2D eigenvalue weighted by Crippen LogP contribution is -2.32. The minimum absolute atomic E-state index is 0.181. The number of anilines is 1. The van der Waals surface area contributed by atoms with E-state index >= 15 is 0 Å². The van der Waals surface area contributed by atoms with E-state index in [2.05, 4.69) is 31.2 Å². The zero-order valence-corrected chi connectivity index (χ0v) is 12.6. The molecule has 0 saturated carbocycles. The Hall–Kier alpha value is -0.690. The van der Waals surface area contributed by atoms with Gasteiger partial charge in [0, 0.05) is 18.5 Å². The number of sulfone groups is 1. The molecule has 5 nitrogen and oxygen atoms in total. The quantitative estimate of drug-likeness (QED) is 0.854. The summed E-state index contributed by atoms with van der Waals surface area (Å²) in [6.45, 7) is 2.00. The molecular formula is C11H16BrN3O2S. The van der Waals surface area contributed by atoms with Crippen molar-refractivity contribution in [3.05, 3.63) is 16.5 Å². The summed E-state index contributed by atoms with van der Waals surface area (Å²) in [5, 5.41) is 3.29. The summed E-state index contributed by atoms with van der Waals surface area (Å²) in [5.74, 6) is 2.06. The van der Waals surface area contributed by atoms with Crippen LogP contribution >= 0.6 is 15.9 Å². The van der Waals surface area contributed by atoms with Gasteiger partial charge in [0.05, 0.1) is 11.5 Å². The molecule has 7 heteroatoms. The van der Waals surface area contributed by atoms with Gasteiger partial charge < -0.3 is 5.32 Å². The minimum atomic E-state index is -2.81. The number of halogens is 1. The maximum absolute atomic E-state index is 11.3. The third-order valence-electron chi connectivity index (χ3n) is 2.96. The zero-order chi connectivity index (χ0) is 13.2. The first kappa shape index (κ1) is 13.7. The maximum Gasteiger partial charge on any atom is 0.150 e. The Kier molecular flexibility index (Phi) is 4.21. The zero-order valence-electron chi connectivity index (χ0n) is 10.2. The summed E-state index contributed by atoms with van der Waals surface area (Å²) in [4.78, 5) is 8.62. The Balaban J connectivity index is 2.04. The summed E-state index contributed by atoms with van der Waals surface area (Å²) in [5.41, 5.74) is 0. The number of rotatable bonds is 3. The van der Waals surface area contributed by atoms with E-state index in [1.807, 2.05) is 13.0 Å². The van der Waals surface area contributed by atoms with Crippen LogP contribution in [-0.2, 0) is 16.3 Å². The molecule has 1 aliphatic rings. The Morgan fingerprint density at radius 2 is 2.06 bits per heavy atom. The second kappa shape index (κ2) is 5.52. The van der Waals surface area contributed by atoms with Gasteiger partial charge in [0.15, 0.2) is 0 Å². The minimum Gasteiger partial charge on any atom is -0.367 e. The molecular weight excluding hydrogens is 318 g/mol. The summed E-state index contributed by atoms with van der Waals surface area (Å²) >= 11 is 3.35. The van der Waals surface area contributed by atoms with Gasteiger partial charge in [0.2, 0.25) is 0 Å². The molecule has 0 aliphatic carbocycles. The topological polar surface area (TPSA) is 72.0 Å². The molecule has 1 aliphatic heterocycles. The highest BCUT2D eigenvalue weighted by molar-refractivity contribution is 9.10. The number of aryl methyl sites for hydroxylation is 1. The monoisotopic (exact) mass is 333 g/mol. The fraction of sp³-hybridized carbons (Fsp3) is 0.636. The highest BCUT2D eigenvalue weighted by atomic mass is 79.9. The number of aromatic nitrogens is 2. The molecule has 0 radical (unpaired) electrons. The average molecular weight is 334 g/mol. The molecule has 2 rings (SSSR count). The van der Waals surface area contributed by atoms with E-state index in [9.17, 15) is 8.42 Å². The third kappa shape index (κ3) is 3.65. The maximum atomic E-state index is 11.3. The second-order valence-corrected chi connectivity index (χ2v) is 7.53. The average Bonchev–Trinajstić information content (AvgIpc) is 2.31. The van der Waals surface area contributed by atoms with Crippen LogP contribution in [0.2, 0.25) is 0 Å². The molecule has 1 aromatic heterocycles. The highest BCUT2D eigenvalue weighted by Gasteiger charge is 2.23. The van der Waals surface area contributed by atoms with E-state index in [4.69, 9.17) is 0 Å². The number of hydrogen-bond acceptors (Lipinski definition) is 5. The molecule has 2 heterocycles. The lowest BCUT2D eigenvalue weighted by atomic mass is 10.1. The van der Waals surface area contributed by atoms with E-state index in [1.54, 1.807) is 0 Å². The molecule has 0 bridgehead atoms. The van der Waals surface area contributed by atoms with E-state index in [-0.39, 0.29) is 17.5 Å². The number of hydrogen-bond donors (Lipinski definition) is 1. The smallest absolute Gasteiger partial charge is 0.150 e. The normalized spacial score (nSPS) is 19.7. The Bertz CT molecular complexity index is 519. The molecule has 1 N–H and O–H groups in total. The highest BCUT2D eigenvalue weighted by Crippen LogP contribution is 2.19. The van der Waals surface area contributed by atoms with Crippen LogP contribution in [0.25, 0.3) is 0 Å². The predicted molar refractivity (Wildman–Crippen MR) is 74.4 cm³/mol. The molecule has 0 spiro atoms. The van der Waals surface area contributed by atoms with E-state index in [0.717, 1.165) is 22.7 Å². The Morgan fingerprint density at radius 3 is 2.67 bits per heavy atom. The van der Waals surface area contributed by atoms with Crippen LogP contribution in [0, 0.1) is 0 Å². The van der Waals surface area contributed by atoms with Crippen LogP contribution in [0.3, 0.4) is 0 Å². The molecule has 0 amide bonds. The lowest BCUT2D eigenvalue weighted by molar-refractivity contribution is 0.559. The largest absolute Gasteiger partial charge is 0.367 e. The molecule has 100 valence electrons. The van der Waals surface area contributed by atoms with Crippen molar-refractivity contribution in [2.75, 3.05) is 16.8 Å². The fourth-order valence-electron chi connectivity index (χ4n) is 1.94. The van der Waals surface area contributed by atoms with Crippen LogP contribution in [0.1, 0.15) is 25.6 Å². The predicted octanol–water partition coefficient (Wildman–Crippen LogP) is 1.79. The van der Waals surface area contributed by atoms with Crippen molar-refractivity contribution in [1.82, 2.24) is 9.97 Å². The number of nitrogens with one attached hydrogen (secondary N) is 1. The van der Waals surface area contributed by atoms with Gasteiger partial charge in [-0.1, -0.05) is 6.92 Å². The van der Waals surface area contributed by atoms with E-state index < -0.39 is 9.84 Å². The molecule has 18 heavy (non-hydrogen) atoms. The van der Waals surface area contributed by atoms with Crippen molar-refractivity contribution in [2.24, 2.45) is 0 Å². The van der Waals surface area contributed by atoms with Gasteiger partial charge in [-0.05, 0) is 28.8 Å². The molecule has 1 fully saturated rings. The van der Waals surface area contributed by atoms with Crippen molar-refractivity contribution in [3.8, 4) is 0 Å². The Morgan fingerprint density at radius 1 is 1.39 bits per heavy atom. The van der Waals surface area contributed by atoms with Crippen LogP contribution in [0.4, 0.5) is 5.82 Å². The Labute approximate surface area is 115 Å². The van der Waals surface area contributed by atoms with E-state index in [1.165, 1.54) is 0 Å². The summed E-state index contributed by atoms with van der Waals surface area (Å²) in [6, 6.07) is 2.00. The first-order valence-corrected chi connectivity index (χ1v) is 8.60. The van der Waals surface area contributed by atoms with Gasteiger partial charge in [0.25, 0.3) is 0 Å². The van der Waals surface area contributed by atoms with E-state index in [0.29, 0.717) is 12.8 Å². The van der Waals surface area contributed by atoms with Crippen molar-refractivity contribution in [2.45, 2.75) is 32.2 Å². The van der Waals surface area contributed by atoms with Crippen LogP contribution in [0.15, 0.2) is 10.7 Å². The van der Waals surface area contributed by atoms with Gasteiger partial charge in [0.1, 0.15) is 26.1 Å². The van der Waals surface area contributed by atoms with Crippen molar-refractivity contribution < 1.29 is 8.42 Å². The summed E-state index contributed by atoms with van der Waals surface area (Å²) in [7, 11) is -2.81. The lowest BCUT2D eigenvalue weighted by Gasteiger charge is -2.23. The molecule has 0 aromatic carbocycles. The first-order valence-electron chi connectivity index (χ1n) is 5.99. The molecule has 0 unspecified atom stereocenters. The van der Waals surface area contributed by atoms with Crippen molar-refractivity contribution in [1.29, 1.82) is 0 Å². The first-order chi connectivity index (χ1) is 8.48.